The fourth-order valence-electron chi connectivity index (χ4n) is 0.597. The first kappa shape index (κ1) is 9.70. The number of nitriles is 1. The van der Waals surface area contributed by atoms with E-state index < -0.39 is 0 Å². The van der Waals surface area contributed by atoms with Gasteiger partial charge in [-0.05, 0) is 19.4 Å². The Hall–Kier alpha value is -1.30. The van der Waals surface area contributed by atoms with Crippen molar-refractivity contribution in [3.8, 4) is 6.07 Å². The minimum absolute atomic E-state index is 0.207. The standard InChI is InChI=1S/C8H12N2O/c1-3-5-8(11)10-7(4-2)6-9/h3,5,7H,4H2,1-2H3,(H,10,11)/b5-3+. The Morgan fingerprint density at radius 2 is 2.45 bits per heavy atom. The Kier molecular flexibility index (Phi) is 4.83. The molecule has 0 saturated heterocycles. The summed E-state index contributed by atoms with van der Waals surface area (Å²) in [4.78, 5) is 10.8. The molecule has 0 aliphatic rings. The molecule has 0 spiro atoms. The van der Waals surface area contributed by atoms with Crippen LogP contribution in [0.1, 0.15) is 20.3 Å². The average Bonchev–Trinajstić information content (AvgIpc) is 2.01. The monoisotopic (exact) mass is 152 g/mol. The van der Waals surface area contributed by atoms with E-state index in [1.807, 2.05) is 13.0 Å². The third kappa shape index (κ3) is 4.15. The molecule has 0 heterocycles. The van der Waals surface area contributed by atoms with E-state index in [2.05, 4.69) is 5.32 Å². The highest BCUT2D eigenvalue weighted by Gasteiger charge is 2.04. The SMILES string of the molecule is C/C=C/C(=O)NC(C#N)CC. The molecule has 0 aliphatic heterocycles. The lowest BCUT2D eigenvalue weighted by Gasteiger charge is -2.05. The van der Waals surface area contributed by atoms with Gasteiger partial charge in [-0.15, -0.1) is 0 Å². The summed E-state index contributed by atoms with van der Waals surface area (Å²) in [5, 5.41) is 11.0. The molecule has 0 radical (unpaired) electrons. The maximum Gasteiger partial charge on any atom is 0.244 e. The van der Waals surface area contributed by atoms with Crippen LogP contribution in [0.4, 0.5) is 0 Å². The first-order valence-electron chi connectivity index (χ1n) is 3.57. The van der Waals surface area contributed by atoms with Gasteiger partial charge in [-0.25, -0.2) is 0 Å². The van der Waals surface area contributed by atoms with Gasteiger partial charge in [0.15, 0.2) is 0 Å². The number of hydrogen-bond acceptors (Lipinski definition) is 2. The zero-order chi connectivity index (χ0) is 8.69. The number of rotatable bonds is 3. The van der Waals surface area contributed by atoms with Gasteiger partial charge >= 0.3 is 0 Å². The number of carbonyl (C=O) groups excluding carboxylic acids is 1. The molecule has 11 heavy (non-hydrogen) atoms. The van der Waals surface area contributed by atoms with Crippen LogP contribution in [0.5, 0.6) is 0 Å². The van der Waals surface area contributed by atoms with Gasteiger partial charge in [-0.3, -0.25) is 4.79 Å². The van der Waals surface area contributed by atoms with Gasteiger partial charge in [-0.1, -0.05) is 13.0 Å². The lowest BCUT2D eigenvalue weighted by molar-refractivity contribution is -0.116. The van der Waals surface area contributed by atoms with Crippen molar-refractivity contribution in [2.45, 2.75) is 26.3 Å². The van der Waals surface area contributed by atoms with Crippen LogP contribution in [-0.2, 0) is 4.79 Å². The molecule has 0 rings (SSSR count). The molecule has 0 aromatic heterocycles. The summed E-state index contributed by atoms with van der Waals surface area (Å²) in [7, 11) is 0. The van der Waals surface area contributed by atoms with E-state index in [9.17, 15) is 4.79 Å². The summed E-state index contributed by atoms with van der Waals surface area (Å²) in [6.45, 7) is 3.61. The van der Waals surface area contributed by atoms with Crippen LogP contribution in [0.2, 0.25) is 0 Å². The van der Waals surface area contributed by atoms with Crippen molar-refractivity contribution in [2.75, 3.05) is 0 Å². The first-order chi connectivity index (χ1) is 5.24. The van der Waals surface area contributed by atoms with Crippen molar-refractivity contribution in [2.24, 2.45) is 0 Å². The van der Waals surface area contributed by atoms with Crippen LogP contribution in [-0.4, -0.2) is 11.9 Å². The van der Waals surface area contributed by atoms with E-state index in [4.69, 9.17) is 5.26 Å². The van der Waals surface area contributed by atoms with Gasteiger partial charge in [0.2, 0.25) is 5.91 Å². The average molecular weight is 152 g/mol. The van der Waals surface area contributed by atoms with E-state index in [-0.39, 0.29) is 11.9 Å². The minimum atomic E-state index is -0.362. The van der Waals surface area contributed by atoms with Gasteiger partial charge in [0.05, 0.1) is 6.07 Å². The van der Waals surface area contributed by atoms with E-state index >= 15 is 0 Å². The molecule has 0 bridgehead atoms. The smallest absolute Gasteiger partial charge is 0.244 e. The van der Waals surface area contributed by atoms with Crippen molar-refractivity contribution in [1.29, 1.82) is 5.26 Å². The summed E-state index contributed by atoms with van der Waals surface area (Å²) in [5.74, 6) is -0.207. The highest BCUT2D eigenvalue weighted by Crippen LogP contribution is 1.87. The quantitative estimate of drug-likeness (QED) is 0.613. The third-order valence-corrected chi connectivity index (χ3v) is 1.20. The van der Waals surface area contributed by atoms with E-state index in [0.717, 1.165) is 0 Å². The second-order valence-corrected chi connectivity index (χ2v) is 2.10. The summed E-state index contributed by atoms with van der Waals surface area (Å²) in [5.41, 5.74) is 0. The molecule has 0 aliphatic carbocycles. The molecule has 1 unspecified atom stereocenters. The molecule has 3 nitrogen and oxygen atoms in total. The number of nitrogens with zero attached hydrogens (tertiary/aromatic N) is 1. The fourth-order valence-corrected chi connectivity index (χ4v) is 0.597. The topological polar surface area (TPSA) is 52.9 Å². The zero-order valence-electron chi connectivity index (χ0n) is 6.79. The molecular weight excluding hydrogens is 140 g/mol. The molecule has 0 saturated carbocycles. The Morgan fingerprint density at radius 1 is 1.82 bits per heavy atom. The van der Waals surface area contributed by atoms with Crippen molar-refractivity contribution >= 4 is 5.91 Å². The Labute approximate surface area is 66.7 Å². The maximum atomic E-state index is 10.8. The molecular formula is C8H12N2O. The highest BCUT2D eigenvalue weighted by atomic mass is 16.1. The van der Waals surface area contributed by atoms with E-state index in [1.165, 1.54) is 6.08 Å². The van der Waals surface area contributed by atoms with Crippen molar-refractivity contribution in [3.63, 3.8) is 0 Å². The predicted molar refractivity (Wildman–Crippen MR) is 42.6 cm³/mol. The molecule has 0 aromatic carbocycles. The molecule has 60 valence electrons. The maximum absolute atomic E-state index is 10.8. The lowest BCUT2D eigenvalue weighted by atomic mass is 10.2. The second-order valence-electron chi connectivity index (χ2n) is 2.10. The summed E-state index contributed by atoms with van der Waals surface area (Å²) in [6.07, 6.45) is 3.68. The van der Waals surface area contributed by atoms with Gasteiger partial charge in [0, 0.05) is 0 Å². The highest BCUT2D eigenvalue weighted by molar-refractivity contribution is 5.87. The van der Waals surface area contributed by atoms with E-state index in [1.54, 1.807) is 13.0 Å². The van der Waals surface area contributed by atoms with Gasteiger partial charge in [-0.2, -0.15) is 5.26 Å². The zero-order valence-corrected chi connectivity index (χ0v) is 6.79. The van der Waals surface area contributed by atoms with Crippen LogP contribution in [0, 0.1) is 11.3 Å². The van der Waals surface area contributed by atoms with Gasteiger partial charge in [0.25, 0.3) is 0 Å². The van der Waals surface area contributed by atoms with Crippen LogP contribution in [0.25, 0.3) is 0 Å². The third-order valence-electron chi connectivity index (χ3n) is 1.20. The Bertz CT molecular complexity index is 191. The van der Waals surface area contributed by atoms with Crippen LogP contribution in [0.15, 0.2) is 12.2 Å². The second kappa shape index (κ2) is 5.48. The van der Waals surface area contributed by atoms with Crippen LogP contribution < -0.4 is 5.32 Å². The largest absolute Gasteiger partial charge is 0.337 e. The number of nitrogens with one attached hydrogen (secondary N) is 1. The fraction of sp³-hybridized carbons (Fsp3) is 0.500. The molecule has 1 atom stereocenters. The van der Waals surface area contributed by atoms with E-state index in [0.29, 0.717) is 6.42 Å². The molecule has 1 N–H and O–H groups in total. The molecule has 3 heteroatoms. The normalized spacial score (nSPS) is 12.5. The van der Waals surface area contributed by atoms with Crippen LogP contribution >= 0.6 is 0 Å². The predicted octanol–water partition coefficient (Wildman–Crippen LogP) is 0.981. The molecule has 1 amide bonds. The number of amides is 1. The Balaban J connectivity index is 3.84. The minimum Gasteiger partial charge on any atom is -0.337 e. The molecule has 0 aromatic rings. The first-order valence-corrected chi connectivity index (χ1v) is 3.57. The summed E-state index contributed by atoms with van der Waals surface area (Å²) >= 11 is 0. The van der Waals surface area contributed by atoms with Crippen molar-refractivity contribution < 1.29 is 4.79 Å². The molecule has 0 fully saturated rings. The summed E-state index contributed by atoms with van der Waals surface area (Å²) < 4.78 is 0. The lowest BCUT2D eigenvalue weighted by Crippen LogP contribution is -2.31. The van der Waals surface area contributed by atoms with Gasteiger partial charge < -0.3 is 5.32 Å². The Morgan fingerprint density at radius 3 is 2.82 bits per heavy atom. The van der Waals surface area contributed by atoms with Gasteiger partial charge in [0.1, 0.15) is 6.04 Å². The van der Waals surface area contributed by atoms with Crippen LogP contribution in [0.3, 0.4) is 0 Å². The number of carbonyl (C=O) groups is 1. The number of hydrogen-bond donors (Lipinski definition) is 1. The van der Waals surface area contributed by atoms with Crippen molar-refractivity contribution in [3.05, 3.63) is 12.2 Å². The summed E-state index contributed by atoms with van der Waals surface area (Å²) in [6, 6.07) is 1.61. The van der Waals surface area contributed by atoms with Crippen molar-refractivity contribution in [1.82, 2.24) is 5.32 Å². The number of allylic oxidation sites excluding steroid dienone is 1.